The van der Waals surface area contributed by atoms with Gasteiger partial charge in [-0.2, -0.15) is 0 Å². The summed E-state index contributed by atoms with van der Waals surface area (Å²) in [4.78, 5) is 12.7. The number of nitrogens with one attached hydrogen (secondary N) is 1. The third-order valence-corrected chi connectivity index (χ3v) is 4.49. The fourth-order valence-corrected chi connectivity index (χ4v) is 3.08. The van der Waals surface area contributed by atoms with Crippen molar-refractivity contribution in [1.29, 1.82) is 0 Å². The third kappa shape index (κ3) is 3.38. The predicted molar refractivity (Wildman–Crippen MR) is 101 cm³/mol. The molecule has 0 saturated carbocycles. The summed E-state index contributed by atoms with van der Waals surface area (Å²) in [5.41, 5.74) is 2.65. The van der Waals surface area contributed by atoms with Crippen molar-refractivity contribution < 1.29 is 18.7 Å². The van der Waals surface area contributed by atoms with E-state index in [4.69, 9.17) is 13.9 Å². The van der Waals surface area contributed by atoms with Crippen LogP contribution >= 0.6 is 0 Å². The van der Waals surface area contributed by atoms with Crippen LogP contribution in [0.3, 0.4) is 0 Å². The van der Waals surface area contributed by atoms with Crippen LogP contribution in [0.2, 0.25) is 0 Å². The summed E-state index contributed by atoms with van der Waals surface area (Å²) >= 11 is 0. The molecule has 0 aliphatic heterocycles. The van der Waals surface area contributed by atoms with Gasteiger partial charge in [0, 0.05) is 5.39 Å². The molecule has 3 rings (SSSR count). The molecule has 0 aliphatic rings. The predicted octanol–water partition coefficient (Wildman–Crippen LogP) is 4.64. The Hall–Kier alpha value is -2.95. The molecule has 5 heteroatoms. The van der Waals surface area contributed by atoms with Crippen molar-refractivity contribution in [3.05, 3.63) is 59.4 Å². The average Bonchev–Trinajstić information content (AvgIpc) is 3.10. The molecule has 0 spiro atoms. The van der Waals surface area contributed by atoms with Crippen LogP contribution in [0.25, 0.3) is 11.0 Å². The number of carbonyl (C=O) groups is 1. The normalized spacial score (nSPS) is 12.0. The quantitative estimate of drug-likeness (QED) is 0.701. The zero-order valence-electron chi connectivity index (χ0n) is 15.5. The first kappa shape index (κ1) is 17.9. The highest BCUT2D eigenvalue weighted by Gasteiger charge is 2.19. The molecule has 1 atom stereocenters. The lowest BCUT2D eigenvalue weighted by Crippen LogP contribution is -2.27. The average molecular weight is 353 g/mol. The molecule has 1 aromatic heterocycles. The van der Waals surface area contributed by atoms with Crippen LogP contribution in [0.5, 0.6) is 11.5 Å². The van der Waals surface area contributed by atoms with E-state index >= 15 is 0 Å². The lowest BCUT2D eigenvalue weighted by Gasteiger charge is -2.18. The molecule has 1 amide bonds. The van der Waals surface area contributed by atoms with E-state index in [9.17, 15) is 4.79 Å². The van der Waals surface area contributed by atoms with Crippen molar-refractivity contribution in [2.75, 3.05) is 14.2 Å². The Kier molecular flexibility index (Phi) is 5.16. The Morgan fingerprint density at radius 2 is 1.88 bits per heavy atom. The van der Waals surface area contributed by atoms with E-state index in [-0.39, 0.29) is 17.7 Å². The van der Waals surface area contributed by atoms with Crippen molar-refractivity contribution in [3.8, 4) is 11.5 Å². The molecule has 136 valence electrons. The molecule has 1 heterocycles. The van der Waals surface area contributed by atoms with E-state index in [1.54, 1.807) is 20.3 Å². The summed E-state index contributed by atoms with van der Waals surface area (Å²) in [6, 6.07) is 13.1. The number of ether oxygens (including phenoxy) is 2. The van der Waals surface area contributed by atoms with Gasteiger partial charge in [0.25, 0.3) is 5.91 Å². The summed E-state index contributed by atoms with van der Waals surface area (Å²) in [7, 11) is 3.23. The van der Waals surface area contributed by atoms with Crippen molar-refractivity contribution in [1.82, 2.24) is 5.32 Å². The van der Waals surface area contributed by atoms with Gasteiger partial charge < -0.3 is 19.2 Å². The lowest BCUT2D eigenvalue weighted by molar-refractivity contribution is 0.0909. The van der Waals surface area contributed by atoms with Gasteiger partial charge in [0.1, 0.15) is 5.75 Å². The molecule has 0 fully saturated rings. The van der Waals surface area contributed by atoms with Gasteiger partial charge in [-0.15, -0.1) is 0 Å². The molecular weight excluding hydrogens is 330 g/mol. The van der Waals surface area contributed by atoms with Crippen molar-refractivity contribution >= 4 is 16.9 Å². The highest BCUT2D eigenvalue weighted by atomic mass is 16.5. The van der Waals surface area contributed by atoms with Gasteiger partial charge in [-0.05, 0) is 42.7 Å². The van der Waals surface area contributed by atoms with Gasteiger partial charge in [0.2, 0.25) is 0 Å². The summed E-state index contributed by atoms with van der Waals surface area (Å²) < 4.78 is 16.3. The lowest BCUT2D eigenvalue weighted by atomic mass is 10.0. The second-order valence-electron chi connectivity index (χ2n) is 6.15. The van der Waals surface area contributed by atoms with Gasteiger partial charge in [-0.25, -0.2) is 0 Å². The second-order valence-corrected chi connectivity index (χ2v) is 6.15. The van der Waals surface area contributed by atoms with Crippen LogP contribution in [0.4, 0.5) is 0 Å². The van der Waals surface area contributed by atoms with Gasteiger partial charge in [-0.3, -0.25) is 4.79 Å². The van der Waals surface area contributed by atoms with E-state index in [0.29, 0.717) is 11.3 Å². The Bertz CT molecular complexity index is 929. The summed E-state index contributed by atoms with van der Waals surface area (Å²) in [6.07, 6.45) is 0.765. The van der Waals surface area contributed by atoms with Crippen LogP contribution in [0, 0.1) is 6.92 Å². The number of para-hydroxylation sites is 1. The minimum atomic E-state index is -0.247. The highest BCUT2D eigenvalue weighted by Crippen LogP contribution is 2.29. The Morgan fingerprint density at radius 1 is 1.12 bits per heavy atom. The molecule has 3 aromatic rings. The summed E-state index contributed by atoms with van der Waals surface area (Å²) in [6.45, 7) is 4.02. The number of fused-ring (bicyclic) bond motifs is 1. The fraction of sp³-hybridized carbons (Fsp3) is 0.286. The molecule has 0 radical (unpaired) electrons. The maximum absolute atomic E-state index is 12.7. The number of hydrogen-bond donors (Lipinski definition) is 1. The van der Waals surface area contributed by atoms with Crippen molar-refractivity contribution in [2.45, 2.75) is 26.3 Å². The zero-order chi connectivity index (χ0) is 18.7. The maximum Gasteiger partial charge on any atom is 0.287 e. The van der Waals surface area contributed by atoms with Crippen LogP contribution in [-0.2, 0) is 0 Å². The molecule has 0 bridgehead atoms. The van der Waals surface area contributed by atoms with E-state index < -0.39 is 0 Å². The topological polar surface area (TPSA) is 60.7 Å². The number of methoxy groups -OCH3 is 2. The molecule has 1 unspecified atom stereocenters. The monoisotopic (exact) mass is 353 g/mol. The number of aryl methyl sites for hydroxylation is 1. The van der Waals surface area contributed by atoms with Gasteiger partial charge >= 0.3 is 0 Å². The van der Waals surface area contributed by atoms with E-state index in [1.165, 1.54) is 0 Å². The molecule has 2 aromatic carbocycles. The SMILES string of the molecule is CCC(NC(=O)c1cc2cccc(OC)c2o1)c1ccc(OC)c(C)c1. The van der Waals surface area contributed by atoms with Crippen LogP contribution in [0.1, 0.15) is 41.1 Å². The van der Waals surface area contributed by atoms with Gasteiger partial charge in [-0.1, -0.05) is 31.2 Å². The first-order valence-corrected chi connectivity index (χ1v) is 8.59. The number of benzene rings is 2. The number of amides is 1. The fourth-order valence-electron chi connectivity index (χ4n) is 3.08. The Labute approximate surface area is 152 Å². The number of hydrogen-bond acceptors (Lipinski definition) is 4. The molecule has 0 saturated heterocycles. The number of rotatable bonds is 6. The molecule has 26 heavy (non-hydrogen) atoms. The Morgan fingerprint density at radius 3 is 2.54 bits per heavy atom. The Balaban J connectivity index is 1.84. The smallest absolute Gasteiger partial charge is 0.287 e. The first-order valence-electron chi connectivity index (χ1n) is 8.59. The third-order valence-electron chi connectivity index (χ3n) is 4.49. The van der Waals surface area contributed by atoms with Gasteiger partial charge in [0.15, 0.2) is 17.1 Å². The highest BCUT2D eigenvalue weighted by molar-refractivity contribution is 5.97. The number of carbonyl (C=O) groups excluding carboxylic acids is 1. The van der Waals surface area contributed by atoms with Crippen LogP contribution < -0.4 is 14.8 Å². The standard InChI is InChI=1S/C21H23NO4/c1-5-16(14-9-10-17(24-3)13(2)11-14)22-21(23)19-12-15-7-6-8-18(25-4)20(15)26-19/h6-12,16H,5H2,1-4H3,(H,22,23). The molecule has 5 nitrogen and oxygen atoms in total. The largest absolute Gasteiger partial charge is 0.496 e. The second kappa shape index (κ2) is 7.52. The van der Waals surface area contributed by atoms with Crippen molar-refractivity contribution in [2.24, 2.45) is 0 Å². The summed E-state index contributed by atoms with van der Waals surface area (Å²) in [5, 5.41) is 3.88. The van der Waals surface area contributed by atoms with E-state index in [2.05, 4.69) is 5.32 Å². The maximum atomic E-state index is 12.7. The minimum Gasteiger partial charge on any atom is -0.496 e. The van der Waals surface area contributed by atoms with E-state index in [0.717, 1.165) is 28.7 Å². The molecular formula is C21H23NO4. The van der Waals surface area contributed by atoms with E-state index in [1.807, 2.05) is 50.2 Å². The first-order chi connectivity index (χ1) is 12.6. The number of furan rings is 1. The molecule has 1 N–H and O–H groups in total. The zero-order valence-corrected chi connectivity index (χ0v) is 15.5. The van der Waals surface area contributed by atoms with Crippen LogP contribution in [-0.4, -0.2) is 20.1 Å². The minimum absolute atomic E-state index is 0.109. The van der Waals surface area contributed by atoms with Crippen LogP contribution in [0.15, 0.2) is 46.9 Å². The van der Waals surface area contributed by atoms with Gasteiger partial charge in [0.05, 0.1) is 20.3 Å². The molecule has 0 aliphatic carbocycles. The van der Waals surface area contributed by atoms with Crippen molar-refractivity contribution in [3.63, 3.8) is 0 Å². The summed E-state index contributed by atoms with van der Waals surface area (Å²) in [5.74, 6) is 1.47.